The van der Waals surface area contributed by atoms with Crippen LogP contribution in [0.3, 0.4) is 0 Å². The van der Waals surface area contributed by atoms with Crippen LogP contribution in [0.4, 0.5) is 10.5 Å². The zero-order valence-corrected chi connectivity index (χ0v) is 11.1. The summed E-state index contributed by atoms with van der Waals surface area (Å²) in [4.78, 5) is 15.8. The third-order valence-corrected chi connectivity index (χ3v) is 3.45. The molecule has 2 amide bonds. The van der Waals surface area contributed by atoms with Crippen LogP contribution in [0.2, 0.25) is 0 Å². The van der Waals surface area contributed by atoms with Crippen LogP contribution in [-0.4, -0.2) is 37.6 Å². The lowest BCUT2D eigenvalue weighted by Crippen LogP contribution is -2.52. The van der Waals surface area contributed by atoms with Crippen molar-refractivity contribution in [1.29, 1.82) is 0 Å². The van der Waals surface area contributed by atoms with Gasteiger partial charge in [-0.25, -0.2) is 4.79 Å². The van der Waals surface area contributed by atoms with Gasteiger partial charge in [-0.1, -0.05) is 17.7 Å². The highest BCUT2D eigenvalue weighted by Crippen LogP contribution is 2.23. The molecule has 0 aromatic heterocycles. The Morgan fingerprint density at radius 3 is 2.56 bits per heavy atom. The molecule has 0 saturated carbocycles. The summed E-state index contributed by atoms with van der Waals surface area (Å²) in [7, 11) is 1.85. The number of rotatable bonds is 3. The molecule has 4 heteroatoms. The molecule has 18 heavy (non-hydrogen) atoms. The first-order chi connectivity index (χ1) is 8.61. The van der Waals surface area contributed by atoms with Gasteiger partial charge in [0.2, 0.25) is 0 Å². The second-order valence-corrected chi connectivity index (χ2v) is 5.05. The number of urea groups is 1. The highest BCUT2D eigenvalue weighted by molar-refractivity contribution is 5.92. The molecule has 1 aromatic carbocycles. The Bertz CT molecular complexity index is 416. The molecule has 2 rings (SSSR count). The van der Waals surface area contributed by atoms with Crippen LogP contribution < -0.4 is 10.6 Å². The first kappa shape index (κ1) is 12.9. The summed E-state index contributed by atoms with van der Waals surface area (Å²) < 4.78 is 0. The van der Waals surface area contributed by atoms with E-state index in [1.165, 1.54) is 5.56 Å². The number of carbonyl (C=O) groups is 1. The minimum Gasteiger partial charge on any atom is -0.330 e. The maximum atomic E-state index is 12.2. The molecule has 1 aliphatic rings. The van der Waals surface area contributed by atoms with Crippen LogP contribution in [0.25, 0.3) is 0 Å². The van der Waals surface area contributed by atoms with Crippen LogP contribution >= 0.6 is 0 Å². The number of nitrogens with zero attached hydrogens (tertiary/aromatic N) is 2. The van der Waals surface area contributed by atoms with Crippen molar-refractivity contribution < 1.29 is 4.79 Å². The first-order valence-electron chi connectivity index (χ1n) is 6.41. The van der Waals surface area contributed by atoms with Gasteiger partial charge in [0.25, 0.3) is 0 Å². The molecule has 0 radical (unpaired) electrons. The van der Waals surface area contributed by atoms with Gasteiger partial charge in [-0.05, 0) is 37.9 Å². The molecule has 1 unspecified atom stereocenters. The molecular weight excluding hydrogens is 226 g/mol. The number of hydrogen-bond acceptors (Lipinski definition) is 2. The fraction of sp³-hybridized carbons (Fsp3) is 0.500. The molecule has 1 fully saturated rings. The number of hydrogen-bond donors (Lipinski definition) is 1. The van der Waals surface area contributed by atoms with Crippen molar-refractivity contribution >= 4 is 11.7 Å². The molecule has 0 bridgehead atoms. The van der Waals surface area contributed by atoms with E-state index in [-0.39, 0.29) is 6.03 Å². The largest absolute Gasteiger partial charge is 0.330 e. The van der Waals surface area contributed by atoms with Gasteiger partial charge in [0, 0.05) is 25.8 Å². The SMILES string of the molecule is Cc1ccc(N2CC(CCN)CN(C)C2=O)cc1. The molecule has 1 saturated heterocycles. The Kier molecular flexibility index (Phi) is 3.87. The van der Waals surface area contributed by atoms with Gasteiger partial charge in [0.05, 0.1) is 0 Å². The lowest BCUT2D eigenvalue weighted by Gasteiger charge is -2.38. The van der Waals surface area contributed by atoms with Gasteiger partial charge in [-0.15, -0.1) is 0 Å². The highest BCUT2D eigenvalue weighted by atomic mass is 16.2. The summed E-state index contributed by atoms with van der Waals surface area (Å²) in [6.07, 6.45) is 0.958. The van der Waals surface area contributed by atoms with Crippen molar-refractivity contribution in [2.75, 3.05) is 31.6 Å². The molecule has 0 aliphatic carbocycles. The third-order valence-electron chi connectivity index (χ3n) is 3.45. The van der Waals surface area contributed by atoms with Crippen LogP contribution in [0.5, 0.6) is 0 Å². The predicted octanol–water partition coefficient (Wildman–Crippen LogP) is 1.83. The molecule has 0 spiro atoms. The maximum absolute atomic E-state index is 12.2. The molecule has 98 valence electrons. The second-order valence-electron chi connectivity index (χ2n) is 5.05. The highest BCUT2D eigenvalue weighted by Gasteiger charge is 2.29. The Morgan fingerprint density at radius 2 is 1.94 bits per heavy atom. The predicted molar refractivity (Wildman–Crippen MR) is 73.7 cm³/mol. The summed E-state index contributed by atoms with van der Waals surface area (Å²) >= 11 is 0. The monoisotopic (exact) mass is 247 g/mol. The fourth-order valence-electron chi connectivity index (χ4n) is 2.42. The number of anilines is 1. The van der Waals surface area contributed by atoms with Crippen molar-refractivity contribution in [3.05, 3.63) is 29.8 Å². The van der Waals surface area contributed by atoms with Gasteiger partial charge in [-0.2, -0.15) is 0 Å². The van der Waals surface area contributed by atoms with Crippen molar-refractivity contribution in [2.24, 2.45) is 11.7 Å². The third kappa shape index (κ3) is 2.64. The summed E-state index contributed by atoms with van der Waals surface area (Å²) in [5, 5.41) is 0. The average molecular weight is 247 g/mol. The molecular formula is C14H21N3O. The Morgan fingerprint density at radius 1 is 1.28 bits per heavy atom. The van der Waals surface area contributed by atoms with Crippen LogP contribution in [0.15, 0.2) is 24.3 Å². The maximum Gasteiger partial charge on any atom is 0.324 e. The minimum absolute atomic E-state index is 0.0760. The zero-order valence-electron chi connectivity index (χ0n) is 11.1. The van der Waals surface area contributed by atoms with E-state index in [9.17, 15) is 4.79 Å². The fourth-order valence-corrected chi connectivity index (χ4v) is 2.42. The van der Waals surface area contributed by atoms with Gasteiger partial charge < -0.3 is 10.6 Å². The minimum atomic E-state index is 0.0760. The van der Waals surface area contributed by atoms with Crippen molar-refractivity contribution in [1.82, 2.24) is 4.90 Å². The van der Waals surface area contributed by atoms with Crippen molar-refractivity contribution in [2.45, 2.75) is 13.3 Å². The van der Waals surface area contributed by atoms with Gasteiger partial charge in [0.1, 0.15) is 0 Å². The number of amides is 2. The smallest absolute Gasteiger partial charge is 0.324 e. The molecule has 1 heterocycles. The van der Waals surface area contributed by atoms with E-state index in [1.54, 1.807) is 4.90 Å². The second kappa shape index (κ2) is 5.40. The standard InChI is InChI=1S/C14H21N3O/c1-11-3-5-13(6-4-11)17-10-12(7-8-15)9-16(2)14(17)18/h3-6,12H,7-10,15H2,1-2H3. The summed E-state index contributed by atoms with van der Waals surface area (Å²) in [6, 6.07) is 8.16. The Labute approximate surface area is 108 Å². The topological polar surface area (TPSA) is 49.6 Å². The van der Waals surface area contributed by atoms with Crippen molar-refractivity contribution in [3.8, 4) is 0 Å². The van der Waals surface area contributed by atoms with E-state index in [4.69, 9.17) is 5.73 Å². The number of benzene rings is 1. The molecule has 1 aliphatic heterocycles. The van der Waals surface area contributed by atoms with Crippen LogP contribution in [0, 0.1) is 12.8 Å². The van der Waals surface area contributed by atoms with E-state index in [0.717, 1.165) is 25.2 Å². The van der Waals surface area contributed by atoms with Crippen LogP contribution in [-0.2, 0) is 0 Å². The van der Waals surface area contributed by atoms with E-state index in [1.807, 2.05) is 43.1 Å². The summed E-state index contributed by atoms with van der Waals surface area (Å²) in [6.45, 7) is 4.29. The number of nitrogens with two attached hydrogens (primary N) is 1. The van der Waals surface area contributed by atoms with E-state index in [0.29, 0.717) is 12.5 Å². The number of aryl methyl sites for hydroxylation is 1. The normalized spacial score (nSPS) is 20.4. The summed E-state index contributed by atoms with van der Waals surface area (Å²) in [5.41, 5.74) is 7.80. The van der Waals surface area contributed by atoms with E-state index >= 15 is 0 Å². The molecule has 1 atom stereocenters. The van der Waals surface area contributed by atoms with Gasteiger partial charge in [-0.3, -0.25) is 4.90 Å². The lowest BCUT2D eigenvalue weighted by molar-refractivity contribution is 0.191. The van der Waals surface area contributed by atoms with Crippen molar-refractivity contribution in [3.63, 3.8) is 0 Å². The molecule has 1 aromatic rings. The Balaban J connectivity index is 2.18. The van der Waals surface area contributed by atoms with E-state index in [2.05, 4.69) is 0 Å². The van der Waals surface area contributed by atoms with Crippen LogP contribution in [0.1, 0.15) is 12.0 Å². The quantitative estimate of drug-likeness (QED) is 0.886. The molecule has 2 N–H and O–H groups in total. The molecule has 4 nitrogen and oxygen atoms in total. The summed E-state index contributed by atoms with van der Waals surface area (Å²) in [5.74, 6) is 0.457. The zero-order chi connectivity index (χ0) is 13.1. The Hall–Kier alpha value is -1.55. The lowest BCUT2D eigenvalue weighted by atomic mass is 10.0. The average Bonchev–Trinajstić information content (AvgIpc) is 2.35. The van der Waals surface area contributed by atoms with Gasteiger partial charge in [0.15, 0.2) is 0 Å². The number of carbonyl (C=O) groups excluding carboxylic acids is 1. The van der Waals surface area contributed by atoms with E-state index < -0.39 is 0 Å². The first-order valence-corrected chi connectivity index (χ1v) is 6.41. The van der Waals surface area contributed by atoms with Gasteiger partial charge >= 0.3 is 6.03 Å².